The molecule has 202 valence electrons. The van der Waals surface area contributed by atoms with Gasteiger partial charge < -0.3 is 10.8 Å². The van der Waals surface area contributed by atoms with Crippen molar-refractivity contribution in [1.29, 1.82) is 0 Å². The molecule has 0 bridgehead atoms. The molecule has 0 unspecified atom stereocenters. The van der Waals surface area contributed by atoms with Crippen molar-refractivity contribution in [2.24, 2.45) is 20.5 Å². The Bertz CT molecular complexity index is 1830. The zero-order valence-corrected chi connectivity index (χ0v) is 23.2. The summed E-state index contributed by atoms with van der Waals surface area (Å²) in [6, 6.07) is 17.1. The molecule has 0 fully saturated rings. The molecule has 0 atom stereocenters. The van der Waals surface area contributed by atoms with Crippen LogP contribution in [0.5, 0.6) is 5.75 Å². The highest BCUT2D eigenvalue weighted by Gasteiger charge is 2.15. The predicted molar refractivity (Wildman–Crippen MR) is 151 cm³/mol. The van der Waals surface area contributed by atoms with Crippen LogP contribution >= 0.6 is 0 Å². The first-order valence-electron chi connectivity index (χ1n) is 12.0. The lowest BCUT2D eigenvalue weighted by Crippen LogP contribution is -2.03. The number of phenols is 1. The number of nitrogen functional groups attached to an aromatic ring is 1. The molecule has 0 saturated heterocycles. The van der Waals surface area contributed by atoms with E-state index in [4.69, 9.17) is 5.73 Å². The lowest BCUT2D eigenvalue weighted by molar-refractivity contribution is 0.482. The van der Waals surface area contributed by atoms with Gasteiger partial charge in [0.25, 0.3) is 0 Å². The average Bonchev–Trinajstić information content (AvgIpc) is 2.93. The van der Waals surface area contributed by atoms with Crippen molar-refractivity contribution < 1.29 is 21.9 Å². The molecule has 39 heavy (non-hydrogen) atoms. The molecular weight excluding hydrogens is 538 g/mol. The Balaban J connectivity index is 1.65. The summed E-state index contributed by atoms with van der Waals surface area (Å²) in [5.74, 6) is -0.135. The zero-order valence-electron chi connectivity index (χ0n) is 21.5. The molecule has 0 heterocycles. The fourth-order valence-electron chi connectivity index (χ4n) is 3.77. The number of phenolic OH excluding ortho intramolecular Hbond substituents is 1. The molecular formula is C27H27N5O5S2. The van der Waals surface area contributed by atoms with E-state index in [1.54, 1.807) is 57.2 Å². The highest BCUT2D eigenvalue weighted by atomic mass is 32.2. The number of nitrogens with two attached hydrogens (primary N) is 1. The van der Waals surface area contributed by atoms with Gasteiger partial charge in [-0.25, -0.2) is 16.8 Å². The Kier molecular flexibility index (Phi) is 7.79. The minimum absolute atomic E-state index is 0.0000664. The van der Waals surface area contributed by atoms with Crippen molar-refractivity contribution in [2.75, 3.05) is 17.2 Å². The van der Waals surface area contributed by atoms with Gasteiger partial charge in [-0.2, -0.15) is 10.2 Å². The number of fused-ring (bicyclic) bond motifs is 1. The number of aromatic hydroxyl groups is 1. The first-order chi connectivity index (χ1) is 18.5. The van der Waals surface area contributed by atoms with Crippen LogP contribution in [-0.4, -0.2) is 33.4 Å². The Morgan fingerprint density at radius 1 is 0.692 bits per heavy atom. The van der Waals surface area contributed by atoms with Crippen molar-refractivity contribution in [1.82, 2.24) is 0 Å². The number of anilines is 1. The number of hydrogen-bond acceptors (Lipinski definition) is 10. The lowest BCUT2D eigenvalue weighted by Gasteiger charge is -2.09. The number of rotatable bonds is 8. The number of nitrogens with zero attached hydrogens (tertiary/aromatic N) is 4. The van der Waals surface area contributed by atoms with Gasteiger partial charge in [0.2, 0.25) is 0 Å². The van der Waals surface area contributed by atoms with Crippen molar-refractivity contribution in [3.63, 3.8) is 0 Å². The fraction of sp³-hybridized carbons (Fsp3) is 0.185. The third kappa shape index (κ3) is 5.81. The highest BCUT2D eigenvalue weighted by Crippen LogP contribution is 2.42. The van der Waals surface area contributed by atoms with Crippen molar-refractivity contribution in [3.8, 4) is 5.75 Å². The molecule has 0 aromatic heterocycles. The van der Waals surface area contributed by atoms with Crippen molar-refractivity contribution in [2.45, 2.75) is 30.6 Å². The number of aryl methyl sites for hydroxylation is 1. The molecule has 0 aliphatic carbocycles. The molecule has 0 saturated carbocycles. The summed E-state index contributed by atoms with van der Waals surface area (Å²) in [5.41, 5.74) is 8.58. The minimum atomic E-state index is -3.34. The fourth-order valence-corrected chi connectivity index (χ4v) is 5.62. The van der Waals surface area contributed by atoms with E-state index >= 15 is 0 Å². The maximum atomic E-state index is 12.2. The van der Waals surface area contributed by atoms with Crippen LogP contribution in [0.4, 0.5) is 28.4 Å². The van der Waals surface area contributed by atoms with Crippen molar-refractivity contribution >= 4 is 58.9 Å². The normalized spacial score (nSPS) is 12.6. The van der Waals surface area contributed by atoms with E-state index in [9.17, 15) is 21.9 Å². The van der Waals surface area contributed by atoms with Crippen LogP contribution in [0.25, 0.3) is 10.8 Å². The van der Waals surface area contributed by atoms with E-state index in [1.165, 1.54) is 30.3 Å². The van der Waals surface area contributed by atoms with Gasteiger partial charge in [-0.05, 0) is 79.2 Å². The number of azo groups is 2. The van der Waals surface area contributed by atoms with E-state index in [0.717, 1.165) is 0 Å². The maximum absolute atomic E-state index is 12.2. The predicted octanol–water partition coefficient (Wildman–Crippen LogP) is 6.85. The van der Waals surface area contributed by atoms with Crippen LogP contribution in [0.1, 0.15) is 19.4 Å². The summed E-state index contributed by atoms with van der Waals surface area (Å²) in [5, 5.41) is 28.7. The van der Waals surface area contributed by atoms with E-state index < -0.39 is 19.7 Å². The summed E-state index contributed by atoms with van der Waals surface area (Å²) in [6.45, 7) is 4.91. The summed E-state index contributed by atoms with van der Waals surface area (Å²) in [4.78, 5) is 0.425. The Morgan fingerprint density at radius 2 is 1.26 bits per heavy atom. The van der Waals surface area contributed by atoms with Gasteiger partial charge in [0.15, 0.2) is 25.4 Å². The van der Waals surface area contributed by atoms with Crippen LogP contribution in [-0.2, 0) is 19.7 Å². The molecule has 0 spiro atoms. The smallest absolute Gasteiger partial charge is 0.178 e. The van der Waals surface area contributed by atoms with E-state index in [1.807, 2.05) is 0 Å². The van der Waals surface area contributed by atoms with Crippen LogP contribution in [0, 0.1) is 6.92 Å². The standard InChI is InChI=1S/C27H27N5O5S2/c1-4-38(34,35)19-8-6-18(7-9-19)29-31-25-15-12-21-22(27(25)33)11-13-23(28)26(21)32-30-24-14-10-20(16-17(24)3)39(36,37)5-2/h6-16,33H,4-5,28H2,1-3H3/b31-29+,32-30+. The summed E-state index contributed by atoms with van der Waals surface area (Å²) in [6.07, 6.45) is 0. The van der Waals surface area contributed by atoms with Crippen LogP contribution in [0.2, 0.25) is 0 Å². The number of sulfone groups is 2. The van der Waals surface area contributed by atoms with Crippen LogP contribution in [0.3, 0.4) is 0 Å². The Morgan fingerprint density at radius 3 is 1.90 bits per heavy atom. The zero-order chi connectivity index (χ0) is 28.4. The van der Waals surface area contributed by atoms with Gasteiger partial charge in [-0.3, -0.25) is 0 Å². The summed E-state index contributed by atoms with van der Waals surface area (Å²) < 4.78 is 48.3. The second-order valence-corrected chi connectivity index (χ2v) is 13.2. The van der Waals surface area contributed by atoms with Gasteiger partial charge >= 0.3 is 0 Å². The molecule has 0 amide bonds. The second-order valence-electron chi connectivity index (χ2n) is 8.68. The minimum Gasteiger partial charge on any atom is -0.505 e. The van der Waals surface area contributed by atoms with E-state index in [0.29, 0.717) is 39.1 Å². The third-order valence-corrected chi connectivity index (χ3v) is 9.65. The Hall–Kier alpha value is -4.16. The summed E-state index contributed by atoms with van der Waals surface area (Å²) >= 11 is 0. The largest absolute Gasteiger partial charge is 0.505 e. The van der Waals surface area contributed by atoms with E-state index in [-0.39, 0.29) is 32.7 Å². The highest BCUT2D eigenvalue weighted by molar-refractivity contribution is 7.91. The van der Waals surface area contributed by atoms with Crippen LogP contribution < -0.4 is 5.73 Å². The molecule has 0 aliphatic rings. The molecule has 0 radical (unpaired) electrons. The van der Waals surface area contributed by atoms with Gasteiger partial charge in [0, 0.05) is 10.8 Å². The van der Waals surface area contributed by atoms with E-state index in [2.05, 4.69) is 20.5 Å². The van der Waals surface area contributed by atoms with Gasteiger partial charge in [0.05, 0.1) is 38.4 Å². The monoisotopic (exact) mass is 565 g/mol. The first-order valence-corrected chi connectivity index (χ1v) is 15.3. The SMILES string of the molecule is CCS(=O)(=O)c1ccc(/N=N/c2ccc3c(/N=N/c4ccc(S(=O)(=O)CC)cc4C)c(N)ccc3c2O)cc1. The van der Waals surface area contributed by atoms with Crippen molar-refractivity contribution in [3.05, 3.63) is 72.3 Å². The number of hydrogen-bond donors (Lipinski definition) is 2. The van der Waals surface area contributed by atoms with Gasteiger partial charge in [0.1, 0.15) is 11.4 Å². The second kappa shape index (κ2) is 10.9. The molecule has 4 rings (SSSR count). The van der Waals surface area contributed by atoms with Gasteiger partial charge in [-0.15, -0.1) is 10.2 Å². The molecule has 4 aromatic carbocycles. The molecule has 3 N–H and O–H groups in total. The molecule has 0 aliphatic heterocycles. The molecule has 12 heteroatoms. The molecule has 10 nitrogen and oxygen atoms in total. The average molecular weight is 566 g/mol. The first kappa shape index (κ1) is 27.9. The third-order valence-electron chi connectivity index (χ3n) is 6.17. The Labute approximate surface area is 226 Å². The van der Waals surface area contributed by atoms with Crippen LogP contribution in [0.15, 0.2) is 97.0 Å². The quantitative estimate of drug-likeness (QED) is 0.175. The topological polar surface area (TPSA) is 164 Å². The lowest BCUT2D eigenvalue weighted by atomic mass is 10.1. The summed E-state index contributed by atoms with van der Waals surface area (Å²) in [7, 11) is -6.66. The maximum Gasteiger partial charge on any atom is 0.178 e. The van der Waals surface area contributed by atoms with Gasteiger partial charge in [-0.1, -0.05) is 13.8 Å². The molecule has 4 aromatic rings. The number of benzene rings is 4.